The Bertz CT molecular complexity index is 362. The minimum Gasteiger partial charge on any atom is -0.359 e. The molecule has 0 fully saturated rings. The van der Waals surface area contributed by atoms with Crippen molar-refractivity contribution in [2.24, 2.45) is 0 Å². The van der Waals surface area contributed by atoms with E-state index in [2.05, 4.69) is 34.9 Å². The Morgan fingerprint density at radius 2 is 2.33 bits per heavy atom. The number of hydrogen-bond donors (Lipinski definition) is 2. The van der Waals surface area contributed by atoms with Gasteiger partial charge in [0.15, 0.2) is 0 Å². The summed E-state index contributed by atoms with van der Waals surface area (Å²) < 4.78 is 0. The van der Waals surface area contributed by atoms with Gasteiger partial charge >= 0.3 is 0 Å². The number of rotatable bonds is 3. The number of hydrogen-bond acceptors (Lipinski definition) is 2. The van der Waals surface area contributed by atoms with Gasteiger partial charge in [0.1, 0.15) is 0 Å². The zero-order valence-electron chi connectivity index (χ0n) is 8.92. The lowest BCUT2D eigenvalue weighted by atomic mass is 10.0. The molecular formula is C12H16N2O. The normalized spacial score (nSPS) is 18.6. The van der Waals surface area contributed by atoms with Crippen molar-refractivity contribution in [2.75, 3.05) is 7.05 Å². The highest BCUT2D eigenvalue weighted by atomic mass is 16.1. The first kappa shape index (κ1) is 10.2. The number of carbonyl (C=O) groups is 1. The molecule has 0 spiro atoms. The molecule has 0 saturated heterocycles. The number of fused-ring (bicyclic) bond motifs is 1. The largest absolute Gasteiger partial charge is 0.359 e. The van der Waals surface area contributed by atoms with Gasteiger partial charge in [0.05, 0.1) is 0 Å². The quantitative estimate of drug-likeness (QED) is 0.780. The molecule has 1 unspecified atom stereocenters. The second-order valence-corrected chi connectivity index (χ2v) is 3.84. The molecule has 2 N–H and O–H groups in total. The smallest absolute Gasteiger partial charge is 0.219 e. The zero-order valence-corrected chi connectivity index (χ0v) is 8.92. The molecule has 1 aromatic rings. The second-order valence-electron chi connectivity index (χ2n) is 3.84. The average molecular weight is 204 g/mol. The Morgan fingerprint density at radius 1 is 1.53 bits per heavy atom. The highest BCUT2D eigenvalue weighted by Crippen LogP contribution is 2.28. The fourth-order valence-corrected chi connectivity index (χ4v) is 2.04. The monoisotopic (exact) mass is 204 g/mol. The van der Waals surface area contributed by atoms with Gasteiger partial charge in [-0.1, -0.05) is 24.3 Å². The second kappa shape index (κ2) is 4.45. The van der Waals surface area contributed by atoms with E-state index >= 15 is 0 Å². The molecule has 1 heterocycles. The lowest BCUT2D eigenvalue weighted by Crippen LogP contribution is -2.20. The van der Waals surface area contributed by atoms with Gasteiger partial charge < -0.3 is 10.6 Å². The third-order valence-electron chi connectivity index (χ3n) is 2.91. The van der Waals surface area contributed by atoms with Gasteiger partial charge in [-0.15, -0.1) is 0 Å². The minimum atomic E-state index is 0.112. The molecule has 0 bridgehead atoms. The molecule has 1 aliphatic rings. The van der Waals surface area contributed by atoms with Crippen molar-refractivity contribution in [3.05, 3.63) is 35.4 Å². The zero-order chi connectivity index (χ0) is 10.7. The topological polar surface area (TPSA) is 41.1 Å². The van der Waals surface area contributed by atoms with E-state index in [0.717, 1.165) is 13.0 Å². The third-order valence-corrected chi connectivity index (χ3v) is 2.91. The Kier molecular flexibility index (Phi) is 3.02. The van der Waals surface area contributed by atoms with Gasteiger partial charge in [0, 0.05) is 26.1 Å². The predicted molar refractivity (Wildman–Crippen MR) is 59.3 cm³/mol. The molecule has 3 nitrogen and oxygen atoms in total. The van der Waals surface area contributed by atoms with Crippen LogP contribution < -0.4 is 10.6 Å². The molecule has 15 heavy (non-hydrogen) atoms. The van der Waals surface area contributed by atoms with Crippen molar-refractivity contribution >= 4 is 5.91 Å². The van der Waals surface area contributed by atoms with E-state index in [1.807, 2.05) is 0 Å². The number of benzene rings is 1. The average Bonchev–Trinajstić information content (AvgIpc) is 2.69. The van der Waals surface area contributed by atoms with Crippen LogP contribution in [0, 0.1) is 0 Å². The summed E-state index contributed by atoms with van der Waals surface area (Å²) in [4.78, 5) is 11.1. The van der Waals surface area contributed by atoms with Gasteiger partial charge in [-0.25, -0.2) is 0 Å². The molecule has 1 atom stereocenters. The first-order chi connectivity index (χ1) is 7.31. The van der Waals surface area contributed by atoms with Crippen molar-refractivity contribution < 1.29 is 4.79 Å². The van der Waals surface area contributed by atoms with E-state index in [4.69, 9.17) is 0 Å². The minimum absolute atomic E-state index is 0.112. The molecule has 0 aromatic heterocycles. The first-order valence-corrected chi connectivity index (χ1v) is 5.33. The van der Waals surface area contributed by atoms with Crippen LogP contribution in [0.4, 0.5) is 0 Å². The lowest BCUT2D eigenvalue weighted by Gasteiger charge is -2.10. The third kappa shape index (κ3) is 2.18. The summed E-state index contributed by atoms with van der Waals surface area (Å²) in [6, 6.07) is 8.74. The van der Waals surface area contributed by atoms with Crippen LogP contribution in [0.5, 0.6) is 0 Å². The Morgan fingerprint density at radius 3 is 3.13 bits per heavy atom. The molecular weight excluding hydrogens is 188 g/mol. The predicted octanol–water partition coefficient (Wildman–Crippen LogP) is 1.36. The van der Waals surface area contributed by atoms with Crippen LogP contribution in [0.15, 0.2) is 24.3 Å². The molecule has 3 heteroatoms. The van der Waals surface area contributed by atoms with E-state index < -0.39 is 0 Å². The van der Waals surface area contributed by atoms with Gasteiger partial charge in [0.25, 0.3) is 0 Å². The molecule has 0 radical (unpaired) electrons. The number of carbonyl (C=O) groups excluding carboxylic acids is 1. The van der Waals surface area contributed by atoms with E-state index in [1.165, 1.54) is 11.1 Å². The molecule has 2 rings (SSSR count). The maximum absolute atomic E-state index is 11.1. The summed E-state index contributed by atoms with van der Waals surface area (Å²) in [6.45, 7) is 0.925. The van der Waals surface area contributed by atoms with Crippen LogP contribution in [-0.4, -0.2) is 13.0 Å². The van der Waals surface area contributed by atoms with Gasteiger partial charge in [-0.3, -0.25) is 4.79 Å². The van der Waals surface area contributed by atoms with Crippen LogP contribution >= 0.6 is 0 Å². The summed E-state index contributed by atoms with van der Waals surface area (Å²) in [5.74, 6) is 0.112. The van der Waals surface area contributed by atoms with Crippen LogP contribution in [-0.2, 0) is 11.3 Å². The highest BCUT2D eigenvalue weighted by Gasteiger charge is 2.21. The van der Waals surface area contributed by atoms with Crippen LogP contribution in [0.25, 0.3) is 0 Å². The Hall–Kier alpha value is -1.35. The van der Waals surface area contributed by atoms with Crippen molar-refractivity contribution in [3.8, 4) is 0 Å². The van der Waals surface area contributed by atoms with Crippen LogP contribution in [0.1, 0.15) is 30.0 Å². The molecule has 80 valence electrons. The van der Waals surface area contributed by atoms with Crippen molar-refractivity contribution in [2.45, 2.75) is 25.4 Å². The summed E-state index contributed by atoms with van der Waals surface area (Å²) in [5.41, 5.74) is 2.71. The summed E-state index contributed by atoms with van der Waals surface area (Å²) in [5, 5.41) is 6.07. The van der Waals surface area contributed by atoms with Gasteiger partial charge in [0.2, 0.25) is 5.91 Å². The number of amides is 1. The maximum atomic E-state index is 11.1. The van der Waals surface area contributed by atoms with Crippen LogP contribution in [0.2, 0.25) is 0 Å². The fourth-order valence-electron chi connectivity index (χ4n) is 2.04. The fraction of sp³-hybridized carbons (Fsp3) is 0.417. The number of nitrogens with one attached hydrogen (secondary N) is 2. The van der Waals surface area contributed by atoms with Crippen molar-refractivity contribution in [1.29, 1.82) is 0 Å². The van der Waals surface area contributed by atoms with E-state index in [0.29, 0.717) is 12.5 Å². The molecule has 1 aromatic carbocycles. The maximum Gasteiger partial charge on any atom is 0.219 e. The molecule has 0 saturated carbocycles. The van der Waals surface area contributed by atoms with Crippen molar-refractivity contribution in [1.82, 2.24) is 10.6 Å². The lowest BCUT2D eigenvalue weighted by molar-refractivity contribution is -0.120. The molecule has 1 amide bonds. The van der Waals surface area contributed by atoms with Gasteiger partial charge in [-0.05, 0) is 17.5 Å². The Labute approximate surface area is 89.9 Å². The highest BCUT2D eigenvalue weighted by molar-refractivity contribution is 5.75. The molecule has 1 aliphatic heterocycles. The van der Waals surface area contributed by atoms with E-state index in [1.54, 1.807) is 7.05 Å². The Balaban J connectivity index is 1.99. The van der Waals surface area contributed by atoms with Crippen LogP contribution in [0.3, 0.4) is 0 Å². The van der Waals surface area contributed by atoms with E-state index in [9.17, 15) is 4.79 Å². The first-order valence-electron chi connectivity index (χ1n) is 5.33. The van der Waals surface area contributed by atoms with Crippen molar-refractivity contribution in [3.63, 3.8) is 0 Å². The molecule has 0 aliphatic carbocycles. The SMILES string of the molecule is CNC(=O)CCC1NCc2ccccc21. The summed E-state index contributed by atoms with van der Waals surface area (Å²) in [7, 11) is 1.68. The van der Waals surface area contributed by atoms with Gasteiger partial charge in [-0.2, -0.15) is 0 Å². The van der Waals surface area contributed by atoms with E-state index in [-0.39, 0.29) is 5.91 Å². The standard InChI is InChI=1S/C12H16N2O/c1-13-12(15)7-6-11-10-5-3-2-4-9(10)8-14-11/h2-5,11,14H,6-8H2,1H3,(H,13,15). The summed E-state index contributed by atoms with van der Waals surface area (Å²) in [6.07, 6.45) is 1.46. The summed E-state index contributed by atoms with van der Waals surface area (Å²) >= 11 is 0.